The van der Waals surface area contributed by atoms with Crippen molar-refractivity contribution in [3.05, 3.63) is 84.3 Å². The Morgan fingerprint density at radius 1 is 1.02 bits per heavy atom. The van der Waals surface area contributed by atoms with Crippen LogP contribution in [0.5, 0.6) is 0 Å². The third-order valence-corrected chi connectivity index (χ3v) is 7.51. The third-order valence-electron chi connectivity index (χ3n) is 7.51. The summed E-state index contributed by atoms with van der Waals surface area (Å²) in [5, 5.41) is 16.0. The average Bonchev–Trinajstić information content (AvgIpc) is 3.54. The molecule has 2 saturated heterocycles. The smallest absolute Gasteiger partial charge is 0.475 e. The summed E-state index contributed by atoms with van der Waals surface area (Å²) in [6, 6.07) is 19.3. The van der Waals surface area contributed by atoms with E-state index in [1.54, 1.807) is 0 Å². The lowest BCUT2D eigenvalue weighted by Gasteiger charge is -2.46. The maximum atomic E-state index is 13.4. The molecule has 0 saturated carbocycles. The van der Waals surface area contributed by atoms with E-state index in [9.17, 15) is 18.0 Å². The summed E-state index contributed by atoms with van der Waals surface area (Å²) >= 11 is 0. The molecule has 2 fully saturated rings. The van der Waals surface area contributed by atoms with Crippen molar-refractivity contribution in [1.82, 2.24) is 24.6 Å². The van der Waals surface area contributed by atoms with Gasteiger partial charge in [0, 0.05) is 35.9 Å². The summed E-state index contributed by atoms with van der Waals surface area (Å²) < 4.78 is 41.5. The van der Waals surface area contributed by atoms with Crippen molar-refractivity contribution in [2.45, 2.75) is 43.7 Å². The largest absolute Gasteiger partial charge is 0.490 e. The molecule has 4 heterocycles. The van der Waals surface area contributed by atoms with Gasteiger partial charge in [0.15, 0.2) is 0 Å². The van der Waals surface area contributed by atoms with Crippen molar-refractivity contribution in [2.24, 2.45) is 0 Å². The highest BCUT2D eigenvalue weighted by molar-refractivity contribution is 6.07. The first-order valence-electron chi connectivity index (χ1n) is 13.2. The number of alkyl halides is 3. The number of halogens is 3. The zero-order chi connectivity index (χ0) is 29.1. The second-order valence-electron chi connectivity index (χ2n) is 10.3. The molecule has 12 heteroatoms. The van der Waals surface area contributed by atoms with Gasteiger partial charge in [-0.3, -0.25) is 14.4 Å². The van der Waals surface area contributed by atoms with Crippen LogP contribution in [0.1, 0.15) is 28.8 Å². The van der Waals surface area contributed by atoms with E-state index in [0.717, 1.165) is 42.6 Å². The van der Waals surface area contributed by atoms with E-state index in [1.807, 2.05) is 59.7 Å². The van der Waals surface area contributed by atoms with Gasteiger partial charge in [-0.1, -0.05) is 48.5 Å². The van der Waals surface area contributed by atoms with Crippen LogP contribution in [0, 0.1) is 0 Å². The first-order valence-corrected chi connectivity index (χ1v) is 13.2. The summed E-state index contributed by atoms with van der Waals surface area (Å²) in [6.45, 7) is 2.19. The van der Waals surface area contributed by atoms with Gasteiger partial charge in [-0.2, -0.15) is 18.3 Å². The fourth-order valence-electron chi connectivity index (χ4n) is 5.38. The standard InChI is InChI=1S/C27H29N5O2.C2HF3O2/c1-30-21-11-20(12-22(30)18-34-17-21)29-27(33)25-16-32(26-10-6-5-9-24(25)26)23-13-28-31(15-23)14-19-7-3-2-4-8-19;3-2(4,5)1(6)7/h2-10,13,15-16,20-22H,11-12,14,17-18H2,1H3,(H,29,33);(H,6,7)/t20?,21-,22+;. The van der Waals surface area contributed by atoms with Crippen molar-refractivity contribution in [3.63, 3.8) is 0 Å². The number of nitrogens with one attached hydrogen (secondary N) is 1. The fourth-order valence-corrected chi connectivity index (χ4v) is 5.38. The third kappa shape index (κ3) is 6.44. The van der Waals surface area contributed by atoms with Gasteiger partial charge in [0.25, 0.3) is 5.91 Å². The zero-order valence-corrected chi connectivity index (χ0v) is 22.3. The summed E-state index contributed by atoms with van der Waals surface area (Å²) in [5.41, 5.74) is 3.84. The number of benzene rings is 2. The van der Waals surface area contributed by atoms with Gasteiger partial charge >= 0.3 is 12.1 Å². The minimum atomic E-state index is -5.08. The number of hydrogen-bond acceptors (Lipinski definition) is 5. The summed E-state index contributed by atoms with van der Waals surface area (Å²) in [4.78, 5) is 24.7. The van der Waals surface area contributed by atoms with Crippen LogP contribution < -0.4 is 5.32 Å². The minimum absolute atomic E-state index is 0.0137. The summed E-state index contributed by atoms with van der Waals surface area (Å²) in [6.07, 6.45) is 2.59. The molecule has 2 aromatic heterocycles. The SMILES string of the molecule is CN1[C@@H]2COC[C@H]1CC(NC(=O)c1cn(-c3cnn(Cc4ccccc4)c3)c3ccccc13)C2.O=C(O)C(F)(F)F. The van der Waals surface area contributed by atoms with E-state index in [0.29, 0.717) is 24.2 Å². The van der Waals surface area contributed by atoms with Crippen molar-refractivity contribution in [2.75, 3.05) is 20.3 Å². The number of carbonyl (C=O) groups excluding carboxylic acids is 1. The molecule has 1 unspecified atom stereocenters. The molecular weight excluding hydrogens is 539 g/mol. The van der Waals surface area contributed by atoms with E-state index >= 15 is 0 Å². The maximum Gasteiger partial charge on any atom is 0.490 e. The maximum absolute atomic E-state index is 13.4. The lowest BCUT2D eigenvalue weighted by atomic mass is 9.90. The van der Waals surface area contributed by atoms with Crippen LogP contribution in [0.25, 0.3) is 16.6 Å². The van der Waals surface area contributed by atoms with E-state index in [1.165, 1.54) is 5.56 Å². The number of carboxylic acid groups (broad SMARTS) is 1. The van der Waals surface area contributed by atoms with E-state index in [2.05, 4.69) is 45.1 Å². The average molecular weight is 570 g/mol. The quantitative estimate of drug-likeness (QED) is 0.376. The Hall–Kier alpha value is -4.16. The lowest BCUT2D eigenvalue weighted by molar-refractivity contribution is -0.192. The molecule has 4 aromatic rings. The van der Waals surface area contributed by atoms with Crippen molar-refractivity contribution < 1.29 is 32.6 Å². The van der Waals surface area contributed by atoms with Crippen LogP contribution in [0.2, 0.25) is 0 Å². The number of nitrogens with zero attached hydrogens (tertiary/aromatic N) is 4. The molecule has 3 atom stereocenters. The number of rotatable bonds is 5. The molecule has 41 heavy (non-hydrogen) atoms. The van der Waals surface area contributed by atoms with Gasteiger partial charge in [0.1, 0.15) is 0 Å². The van der Waals surface area contributed by atoms with Gasteiger partial charge in [-0.15, -0.1) is 0 Å². The van der Waals surface area contributed by atoms with Gasteiger partial charge in [0.2, 0.25) is 0 Å². The van der Waals surface area contributed by atoms with Crippen LogP contribution in [0.4, 0.5) is 13.2 Å². The second kappa shape index (κ2) is 11.8. The molecule has 0 spiro atoms. The van der Waals surface area contributed by atoms with E-state index in [-0.39, 0.29) is 11.9 Å². The molecule has 2 bridgehead atoms. The number of carbonyl (C=O) groups is 2. The number of fused-ring (bicyclic) bond motifs is 3. The number of likely N-dealkylation sites (N-methyl/N-ethyl adjacent to an activating group) is 1. The predicted octanol–water partition coefficient (Wildman–Crippen LogP) is 4.10. The van der Waals surface area contributed by atoms with Gasteiger partial charge in [-0.05, 0) is 31.5 Å². The fraction of sp³-hybridized carbons (Fsp3) is 0.345. The molecular formula is C29H30F3N5O4. The number of piperidine rings is 1. The summed E-state index contributed by atoms with van der Waals surface area (Å²) in [5.74, 6) is -2.77. The molecule has 2 aliphatic rings. The summed E-state index contributed by atoms with van der Waals surface area (Å²) in [7, 11) is 2.17. The molecule has 2 N–H and O–H groups in total. The highest BCUT2D eigenvalue weighted by Gasteiger charge is 2.38. The normalized spacial score (nSPS) is 20.7. The molecule has 6 rings (SSSR count). The Balaban J connectivity index is 0.000000431. The molecule has 216 valence electrons. The second-order valence-corrected chi connectivity index (χ2v) is 10.3. The molecule has 1 amide bonds. The van der Waals surface area contributed by atoms with Gasteiger partial charge in [-0.25, -0.2) is 4.79 Å². The molecule has 0 radical (unpaired) electrons. The Kier molecular flexibility index (Phi) is 8.13. The number of carboxylic acids is 1. The first kappa shape index (κ1) is 28.4. The topological polar surface area (TPSA) is 102 Å². The lowest BCUT2D eigenvalue weighted by Crippen LogP contribution is -2.59. The monoisotopic (exact) mass is 569 g/mol. The number of hydrogen-bond donors (Lipinski definition) is 2. The number of morpholine rings is 1. The molecule has 9 nitrogen and oxygen atoms in total. The van der Waals surface area contributed by atoms with Crippen LogP contribution >= 0.6 is 0 Å². The molecule has 2 aliphatic heterocycles. The number of aliphatic carboxylic acids is 1. The van der Waals surface area contributed by atoms with Gasteiger partial charge in [0.05, 0.1) is 42.7 Å². The number of para-hydroxylation sites is 1. The van der Waals surface area contributed by atoms with Crippen molar-refractivity contribution >= 4 is 22.8 Å². The number of aromatic nitrogens is 3. The van der Waals surface area contributed by atoms with E-state index < -0.39 is 12.1 Å². The predicted molar refractivity (Wildman–Crippen MR) is 145 cm³/mol. The highest BCUT2D eigenvalue weighted by Crippen LogP contribution is 2.28. The first-order chi connectivity index (χ1) is 19.6. The van der Waals surface area contributed by atoms with Crippen molar-refractivity contribution in [1.29, 1.82) is 0 Å². The molecule has 0 aliphatic carbocycles. The Morgan fingerprint density at radius 3 is 2.32 bits per heavy atom. The van der Waals surface area contributed by atoms with Gasteiger partial charge < -0.3 is 19.7 Å². The molecule has 2 aromatic carbocycles. The zero-order valence-electron chi connectivity index (χ0n) is 22.3. The van der Waals surface area contributed by atoms with Crippen LogP contribution in [0.15, 0.2) is 73.2 Å². The van der Waals surface area contributed by atoms with E-state index in [4.69, 9.17) is 14.6 Å². The Bertz CT molecular complexity index is 1500. The Labute approximate surface area is 234 Å². The number of ether oxygens (including phenoxy) is 1. The van der Waals surface area contributed by atoms with Crippen molar-refractivity contribution in [3.8, 4) is 5.69 Å². The minimum Gasteiger partial charge on any atom is -0.475 e. The van der Waals surface area contributed by atoms with Crippen LogP contribution in [-0.2, 0) is 16.1 Å². The Morgan fingerprint density at radius 2 is 1.66 bits per heavy atom. The number of amides is 1. The highest BCUT2D eigenvalue weighted by atomic mass is 19.4. The van der Waals surface area contributed by atoms with Crippen LogP contribution in [-0.4, -0.2) is 80.8 Å². The van der Waals surface area contributed by atoms with Crippen LogP contribution in [0.3, 0.4) is 0 Å².